The Kier molecular flexibility index (Phi) is 4.17. The van der Waals surface area contributed by atoms with Crippen LogP contribution in [0.5, 0.6) is 0 Å². The van der Waals surface area contributed by atoms with Gasteiger partial charge < -0.3 is 16.0 Å². The third-order valence-corrected chi connectivity index (χ3v) is 5.35. The minimum Gasteiger partial charge on any atom is -0.383 e. The molecule has 0 saturated heterocycles. The number of nitriles is 1. The van der Waals surface area contributed by atoms with Crippen LogP contribution < -0.4 is 11.5 Å². The van der Waals surface area contributed by atoms with Crippen molar-refractivity contribution in [1.82, 2.24) is 14.5 Å². The van der Waals surface area contributed by atoms with Gasteiger partial charge in [-0.3, -0.25) is 4.98 Å². The third kappa shape index (κ3) is 2.77. The lowest BCUT2D eigenvalue weighted by atomic mass is 9.84. The fourth-order valence-corrected chi connectivity index (χ4v) is 4.11. The van der Waals surface area contributed by atoms with Crippen LogP contribution in [0, 0.1) is 25.2 Å². The Labute approximate surface area is 158 Å². The third-order valence-electron chi connectivity index (χ3n) is 5.35. The minimum atomic E-state index is 0.0787. The van der Waals surface area contributed by atoms with E-state index in [1.807, 2.05) is 18.3 Å². The van der Waals surface area contributed by atoms with E-state index in [1.165, 1.54) is 0 Å². The number of nitrogens with zero attached hydrogens (tertiary/aromatic N) is 4. The van der Waals surface area contributed by atoms with E-state index in [9.17, 15) is 5.26 Å². The van der Waals surface area contributed by atoms with Gasteiger partial charge in [-0.1, -0.05) is 0 Å². The second kappa shape index (κ2) is 6.53. The van der Waals surface area contributed by atoms with E-state index in [0.717, 1.165) is 52.3 Å². The zero-order valence-electron chi connectivity index (χ0n) is 15.5. The maximum Gasteiger partial charge on any atom is 0.142 e. The van der Waals surface area contributed by atoms with Crippen LogP contribution in [0.2, 0.25) is 0 Å². The zero-order valence-corrected chi connectivity index (χ0v) is 15.5. The number of rotatable bonds is 2. The molecule has 6 nitrogen and oxygen atoms in total. The van der Waals surface area contributed by atoms with E-state index < -0.39 is 0 Å². The summed E-state index contributed by atoms with van der Waals surface area (Å²) in [5.74, 6) is 0.299. The van der Waals surface area contributed by atoms with E-state index in [0.29, 0.717) is 17.8 Å². The van der Waals surface area contributed by atoms with Gasteiger partial charge in [-0.15, -0.1) is 0 Å². The maximum absolute atomic E-state index is 9.79. The van der Waals surface area contributed by atoms with E-state index in [1.54, 1.807) is 6.20 Å². The van der Waals surface area contributed by atoms with Gasteiger partial charge in [-0.05, 0) is 56.9 Å². The van der Waals surface area contributed by atoms with E-state index >= 15 is 0 Å². The standard InChI is InChI=1S/C21H22N6/c1-12-8-16(13(2)27(12)15-4-3-7-25-11-15)20-17-9-14(23)5-6-19(17)26-21(24)18(20)10-22/h3-4,7-8,11,14H,5-6,9,23H2,1-2H3,(H2,24,26). The highest BCUT2D eigenvalue weighted by atomic mass is 15.0. The largest absolute Gasteiger partial charge is 0.383 e. The van der Waals surface area contributed by atoms with Gasteiger partial charge in [0.25, 0.3) is 0 Å². The van der Waals surface area contributed by atoms with Gasteiger partial charge in [0.2, 0.25) is 0 Å². The fourth-order valence-electron chi connectivity index (χ4n) is 4.11. The van der Waals surface area contributed by atoms with Crippen molar-refractivity contribution in [3.63, 3.8) is 0 Å². The van der Waals surface area contributed by atoms with Crippen LogP contribution in [0.4, 0.5) is 5.82 Å². The molecule has 3 aromatic rings. The molecule has 0 fully saturated rings. The van der Waals surface area contributed by atoms with Gasteiger partial charge in [0.1, 0.15) is 17.5 Å². The quantitative estimate of drug-likeness (QED) is 0.732. The highest BCUT2D eigenvalue weighted by Gasteiger charge is 2.27. The Morgan fingerprint density at radius 3 is 2.85 bits per heavy atom. The van der Waals surface area contributed by atoms with Crippen LogP contribution in [-0.2, 0) is 12.8 Å². The molecule has 0 spiro atoms. The molecule has 27 heavy (non-hydrogen) atoms. The van der Waals surface area contributed by atoms with Crippen molar-refractivity contribution >= 4 is 5.82 Å². The molecule has 1 aliphatic carbocycles. The molecule has 3 aromatic heterocycles. The summed E-state index contributed by atoms with van der Waals surface area (Å²) in [6, 6.07) is 8.40. The average Bonchev–Trinajstić information content (AvgIpc) is 2.95. The van der Waals surface area contributed by atoms with Crippen LogP contribution in [0.3, 0.4) is 0 Å². The molecule has 136 valence electrons. The molecule has 0 saturated carbocycles. The summed E-state index contributed by atoms with van der Waals surface area (Å²) in [7, 11) is 0. The Morgan fingerprint density at radius 1 is 1.33 bits per heavy atom. The normalized spacial score (nSPS) is 16.0. The molecular weight excluding hydrogens is 336 g/mol. The first kappa shape index (κ1) is 17.3. The van der Waals surface area contributed by atoms with Gasteiger partial charge >= 0.3 is 0 Å². The number of aromatic nitrogens is 3. The van der Waals surface area contributed by atoms with Crippen molar-refractivity contribution in [2.45, 2.75) is 39.2 Å². The first-order valence-electron chi connectivity index (χ1n) is 9.08. The summed E-state index contributed by atoms with van der Waals surface area (Å²) in [5.41, 5.74) is 19.9. The number of anilines is 1. The van der Waals surface area contributed by atoms with E-state index in [-0.39, 0.29) is 6.04 Å². The molecule has 1 atom stereocenters. The van der Waals surface area contributed by atoms with Crippen molar-refractivity contribution in [3.8, 4) is 22.9 Å². The first-order chi connectivity index (χ1) is 13.0. The van der Waals surface area contributed by atoms with Gasteiger partial charge in [-0.25, -0.2) is 4.98 Å². The average molecular weight is 358 g/mol. The summed E-state index contributed by atoms with van der Waals surface area (Å²) in [6.07, 6.45) is 5.98. The highest BCUT2D eigenvalue weighted by molar-refractivity contribution is 5.81. The molecule has 0 bridgehead atoms. The predicted molar refractivity (Wildman–Crippen MR) is 105 cm³/mol. The number of hydrogen-bond acceptors (Lipinski definition) is 5. The molecule has 4 rings (SSSR count). The van der Waals surface area contributed by atoms with Gasteiger partial charge in [-0.2, -0.15) is 5.26 Å². The van der Waals surface area contributed by atoms with Crippen molar-refractivity contribution in [2.24, 2.45) is 5.73 Å². The van der Waals surface area contributed by atoms with Crippen LogP contribution in [0.25, 0.3) is 16.8 Å². The Hall–Kier alpha value is -3.17. The van der Waals surface area contributed by atoms with E-state index in [2.05, 4.69) is 40.5 Å². The van der Waals surface area contributed by atoms with Crippen molar-refractivity contribution in [3.05, 3.63) is 58.8 Å². The summed E-state index contributed by atoms with van der Waals surface area (Å²) in [6.45, 7) is 4.11. The molecular formula is C21H22N6. The molecule has 0 radical (unpaired) electrons. The molecule has 3 heterocycles. The second-order valence-electron chi connectivity index (χ2n) is 7.12. The SMILES string of the molecule is Cc1cc(-c2c(C#N)c(N)nc3c2CC(N)CC3)c(C)n1-c1cccnc1. The van der Waals surface area contributed by atoms with Gasteiger partial charge in [0.15, 0.2) is 0 Å². The number of nitrogen functional groups attached to an aromatic ring is 1. The molecule has 0 aliphatic heterocycles. The van der Waals surface area contributed by atoms with Crippen molar-refractivity contribution in [1.29, 1.82) is 5.26 Å². The molecule has 0 aromatic carbocycles. The van der Waals surface area contributed by atoms with Crippen LogP contribution in [0.1, 0.15) is 34.6 Å². The Bertz CT molecular complexity index is 1060. The highest BCUT2D eigenvalue weighted by Crippen LogP contribution is 2.39. The molecule has 1 aliphatic rings. The van der Waals surface area contributed by atoms with Crippen LogP contribution >= 0.6 is 0 Å². The minimum absolute atomic E-state index is 0.0787. The summed E-state index contributed by atoms with van der Waals surface area (Å²) in [5, 5.41) is 9.79. The predicted octanol–water partition coefficient (Wildman–Crippen LogP) is 2.82. The molecule has 1 unspecified atom stereocenters. The number of fused-ring (bicyclic) bond motifs is 1. The van der Waals surface area contributed by atoms with Crippen LogP contribution in [0.15, 0.2) is 30.6 Å². The number of hydrogen-bond donors (Lipinski definition) is 2. The van der Waals surface area contributed by atoms with Crippen LogP contribution in [-0.4, -0.2) is 20.6 Å². The maximum atomic E-state index is 9.79. The number of pyridine rings is 2. The molecule has 0 amide bonds. The smallest absolute Gasteiger partial charge is 0.142 e. The van der Waals surface area contributed by atoms with Gasteiger partial charge in [0, 0.05) is 40.4 Å². The summed E-state index contributed by atoms with van der Waals surface area (Å²) in [4.78, 5) is 8.74. The number of aryl methyl sites for hydroxylation is 2. The first-order valence-corrected chi connectivity index (χ1v) is 9.08. The lowest BCUT2D eigenvalue weighted by Crippen LogP contribution is -2.29. The zero-order chi connectivity index (χ0) is 19.1. The molecule has 4 N–H and O–H groups in total. The Balaban J connectivity index is 2.00. The molecule has 6 heteroatoms. The van der Waals surface area contributed by atoms with Crippen molar-refractivity contribution < 1.29 is 0 Å². The second-order valence-corrected chi connectivity index (χ2v) is 7.12. The van der Waals surface area contributed by atoms with Gasteiger partial charge in [0.05, 0.1) is 11.9 Å². The lowest BCUT2D eigenvalue weighted by Gasteiger charge is -2.25. The lowest BCUT2D eigenvalue weighted by molar-refractivity contribution is 0.568. The Morgan fingerprint density at radius 2 is 2.15 bits per heavy atom. The summed E-state index contributed by atoms with van der Waals surface area (Å²) >= 11 is 0. The fraction of sp³-hybridized carbons (Fsp3) is 0.286. The topological polar surface area (TPSA) is 107 Å². The van der Waals surface area contributed by atoms with Crippen molar-refractivity contribution in [2.75, 3.05) is 5.73 Å². The van der Waals surface area contributed by atoms with E-state index in [4.69, 9.17) is 11.5 Å². The number of nitrogens with two attached hydrogens (primary N) is 2. The monoisotopic (exact) mass is 358 g/mol. The summed E-state index contributed by atoms with van der Waals surface area (Å²) < 4.78 is 2.15.